The van der Waals surface area contributed by atoms with Gasteiger partial charge >= 0.3 is 0 Å². The van der Waals surface area contributed by atoms with E-state index in [1.165, 1.54) is 0 Å². The minimum atomic E-state index is 0.0498. The van der Waals surface area contributed by atoms with Gasteiger partial charge in [-0.25, -0.2) is 0 Å². The predicted octanol–water partition coefficient (Wildman–Crippen LogP) is 3.20. The first-order chi connectivity index (χ1) is 11.6. The van der Waals surface area contributed by atoms with Crippen LogP contribution in [0.15, 0.2) is 29.2 Å². The van der Waals surface area contributed by atoms with Crippen molar-refractivity contribution in [3.63, 3.8) is 0 Å². The largest absolute Gasteiger partial charge is 0.355 e. The van der Waals surface area contributed by atoms with Crippen LogP contribution in [0.2, 0.25) is 5.02 Å². The van der Waals surface area contributed by atoms with Crippen molar-refractivity contribution >= 4 is 35.2 Å². The van der Waals surface area contributed by atoms with Gasteiger partial charge in [-0.05, 0) is 49.9 Å². The molecule has 0 bridgehead atoms. The third-order valence-electron chi connectivity index (χ3n) is 4.59. The van der Waals surface area contributed by atoms with Crippen molar-refractivity contribution in [1.82, 2.24) is 10.2 Å². The molecule has 1 aliphatic carbocycles. The van der Waals surface area contributed by atoms with E-state index < -0.39 is 0 Å². The Labute approximate surface area is 152 Å². The van der Waals surface area contributed by atoms with Crippen molar-refractivity contribution in [2.45, 2.75) is 30.6 Å². The molecule has 1 saturated heterocycles. The smallest absolute Gasteiger partial charge is 0.225 e. The fourth-order valence-electron chi connectivity index (χ4n) is 2.97. The molecule has 3 rings (SSSR count). The first-order valence-electron chi connectivity index (χ1n) is 8.58. The lowest BCUT2D eigenvalue weighted by Gasteiger charge is -2.31. The van der Waals surface area contributed by atoms with E-state index in [0.29, 0.717) is 12.5 Å². The van der Waals surface area contributed by atoms with E-state index in [1.54, 1.807) is 11.8 Å². The van der Waals surface area contributed by atoms with Gasteiger partial charge in [-0.1, -0.05) is 11.6 Å². The zero-order valence-corrected chi connectivity index (χ0v) is 15.2. The number of thioether (sulfide) groups is 1. The second-order valence-corrected chi connectivity index (χ2v) is 8.07. The summed E-state index contributed by atoms with van der Waals surface area (Å²) >= 11 is 7.57. The number of hydrogen-bond acceptors (Lipinski definition) is 3. The highest BCUT2D eigenvalue weighted by Gasteiger charge is 2.35. The van der Waals surface area contributed by atoms with E-state index in [-0.39, 0.29) is 17.7 Å². The highest BCUT2D eigenvalue weighted by molar-refractivity contribution is 7.99. The summed E-state index contributed by atoms with van der Waals surface area (Å²) in [4.78, 5) is 27.3. The van der Waals surface area contributed by atoms with Crippen LogP contribution < -0.4 is 5.32 Å². The maximum atomic E-state index is 12.2. The van der Waals surface area contributed by atoms with E-state index in [9.17, 15) is 9.59 Å². The maximum absolute atomic E-state index is 12.2. The molecule has 1 aromatic rings. The van der Waals surface area contributed by atoms with Crippen LogP contribution in [-0.2, 0) is 9.59 Å². The second kappa shape index (κ2) is 8.26. The quantitative estimate of drug-likeness (QED) is 0.621. The third-order valence-corrected chi connectivity index (χ3v) is 5.85. The van der Waals surface area contributed by atoms with Crippen molar-refractivity contribution < 1.29 is 9.59 Å². The molecule has 0 spiro atoms. The molecule has 6 heteroatoms. The molecule has 1 heterocycles. The fraction of sp³-hybridized carbons (Fsp3) is 0.556. The topological polar surface area (TPSA) is 49.4 Å². The van der Waals surface area contributed by atoms with Gasteiger partial charge in [-0.3, -0.25) is 9.59 Å². The Morgan fingerprint density at radius 3 is 2.38 bits per heavy atom. The Morgan fingerprint density at radius 2 is 1.75 bits per heavy atom. The minimum absolute atomic E-state index is 0.0498. The Balaban J connectivity index is 1.32. The van der Waals surface area contributed by atoms with Gasteiger partial charge in [0.1, 0.15) is 0 Å². The molecule has 4 nitrogen and oxygen atoms in total. The highest BCUT2D eigenvalue weighted by Crippen LogP contribution is 2.32. The Morgan fingerprint density at radius 1 is 1.08 bits per heavy atom. The van der Waals surface area contributed by atoms with Gasteiger partial charge in [0.05, 0.1) is 0 Å². The summed E-state index contributed by atoms with van der Waals surface area (Å²) in [5, 5.41) is 3.76. The van der Waals surface area contributed by atoms with E-state index in [2.05, 4.69) is 5.32 Å². The fourth-order valence-corrected chi connectivity index (χ4v) is 3.86. The van der Waals surface area contributed by atoms with Crippen LogP contribution in [0.3, 0.4) is 0 Å². The molecule has 1 aromatic carbocycles. The zero-order chi connectivity index (χ0) is 16.9. The number of halogens is 1. The van der Waals surface area contributed by atoms with Crippen LogP contribution in [0.5, 0.6) is 0 Å². The third kappa shape index (κ3) is 4.90. The lowest BCUT2D eigenvalue weighted by molar-refractivity contribution is -0.136. The number of likely N-dealkylation sites (tertiary alicyclic amines) is 1. The lowest BCUT2D eigenvalue weighted by atomic mass is 9.95. The molecular weight excluding hydrogens is 344 g/mol. The molecule has 0 radical (unpaired) electrons. The van der Waals surface area contributed by atoms with E-state index >= 15 is 0 Å². The molecule has 0 unspecified atom stereocenters. The summed E-state index contributed by atoms with van der Waals surface area (Å²) in [5.74, 6) is 1.60. The summed E-state index contributed by atoms with van der Waals surface area (Å²) in [6.07, 6.45) is 3.66. The number of carbonyl (C=O) groups is 2. The van der Waals surface area contributed by atoms with Crippen LogP contribution in [0.4, 0.5) is 0 Å². The van der Waals surface area contributed by atoms with Gasteiger partial charge in [0, 0.05) is 47.1 Å². The maximum Gasteiger partial charge on any atom is 0.225 e. The van der Waals surface area contributed by atoms with E-state index in [4.69, 9.17) is 11.6 Å². The molecule has 0 atom stereocenters. The van der Waals surface area contributed by atoms with Crippen molar-refractivity contribution in [1.29, 1.82) is 0 Å². The van der Waals surface area contributed by atoms with E-state index in [1.807, 2.05) is 29.2 Å². The van der Waals surface area contributed by atoms with Crippen LogP contribution >= 0.6 is 23.4 Å². The number of hydrogen-bond donors (Lipinski definition) is 1. The molecule has 1 aliphatic heterocycles. The number of piperidine rings is 1. The molecule has 2 amide bonds. The first-order valence-corrected chi connectivity index (χ1v) is 9.94. The zero-order valence-electron chi connectivity index (χ0n) is 13.7. The van der Waals surface area contributed by atoms with Crippen LogP contribution in [0.1, 0.15) is 25.7 Å². The summed E-state index contributed by atoms with van der Waals surface area (Å²) in [6, 6.07) is 7.72. The highest BCUT2D eigenvalue weighted by atomic mass is 35.5. The molecule has 1 saturated carbocycles. The van der Waals surface area contributed by atoms with Crippen LogP contribution in [-0.4, -0.2) is 42.1 Å². The van der Waals surface area contributed by atoms with Crippen molar-refractivity contribution in [3.8, 4) is 0 Å². The molecule has 2 aliphatic rings. The molecule has 130 valence electrons. The second-order valence-electron chi connectivity index (χ2n) is 6.47. The van der Waals surface area contributed by atoms with Gasteiger partial charge in [0.25, 0.3) is 0 Å². The molecule has 0 aromatic heterocycles. The van der Waals surface area contributed by atoms with Gasteiger partial charge < -0.3 is 10.2 Å². The van der Waals surface area contributed by atoms with Crippen LogP contribution in [0, 0.1) is 11.8 Å². The number of nitrogens with one attached hydrogen (secondary N) is 1. The SMILES string of the molecule is O=C(NCCSc1ccc(Cl)cc1)C1CCN(C(=O)C2CC2)CC1. The summed E-state index contributed by atoms with van der Waals surface area (Å²) in [6.45, 7) is 2.12. The number of rotatable bonds is 6. The molecule has 24 heavy (non-hydrogen) atoms. The molecule has 1 N–H and O–H groups in total. The van der Waals surface area contributed by atoms with Crippen LogP contribution in [0.25, 0.3) is 0 Å². The molecule has 2 fully saturated rings. The summed E-state index contributed by atoms with van der Waals surface area (Å²) in [5.41, 5.74) is 0. The van der Waals surface area contributed by atoms with Gasteiger partial charge in [0.15, 0.2) is 0 Å². The average molecular weight is 367 g/mol. The Kier molecular flexibility index (Phi) is 6.06. The van der Waals surface area contributed by atoms with Gasteiger partial charge in [-0.2, -0.15) is 0 Å². The van der Waals surface area contributed by atoms with Gasteiger partial charge in [-0.15, -0.1) is 11.8 Å². The monoisotopic (exact) mass is 366 g/mol. The lowest BCUT2D eigenvalue weighted by Crippen LogP contribution is -2.43. The summed E-state index contributed by atoms with van der Waals surface area (Å²) in [7, 11) is 0. The first kappa shape index (κ1) is 17.6. The van der Waals surface area contributed by atoms with Crippen molar-refractivity contribution in [2.24, 2.45) is 11.8 Å². The normalized spacial score (nSPS) is 18.5. The number of nitrogens with zero attached hydrogens (tertiary/aromatic N) is 1. The minimum Gasteiger partial charge on any atom is -0.355 e. The number of carbonyl (C=O) groups excluding carboxylic acids is 2. The standard InChI is InChI=1S/C18H23ClN2O2S/c19-15-3-5-16(6-4-15)24-12-9-20-17(22)13-7-10-21(11-8-13)18(23)14-1-2-14/h3-6,13-14H,1-2,7-12H2,(H,20,22). The van der Waals surface area contributed by atoms with E-state index in [0.717, 1.165) is 54.4 Å². The number of amides is 2. The summed E-state index contributed by atoms with van der Waals surface area (Å²) < 4.78 is 0. The van der Waals surface area contributed by atoms with Crippen molar-refractivity contribution in [3.05, 3.63) is 29.3 Å². The Bertz CT molecular complexity index is 581. The average Bonchev–Trinajstić information content (AvgIpc) is 3.45. The van der Waals surface area contributed by atoms with Crippen molar-refractivity contribution in [2.75, 3.05) is 25.4 Å². The molecular formula is C18H23ClN2O2S. The number of benzene rings is 1. The predicted molar refractivity (Wildman–Crippen MR) is 97.2 cm³/mol. The van der Waals surface area contributed by atoms with Gasteiger partial charge in [0.2, 0.25) is 11.8 Å². The Hall–Kier alpha value is -1.20.